The maximum Gasteiger partial charge on any atom is 0.322 e. The van der Waals surface area contributed by atoms with E-state index in [1.54, 1.807) is 13.3 Å². The van der Waals surface area contributed by atoms with Gasteiger partial charge in [-0.05, 0) is 26.0 Å². The fourth-order valence-electron chi connectivity index (χ4n) is 2.45. The summed E-state index contributed by atoms with van der Waals surface area (Å²) in [6.07, 6.45) is 1.75. The summed E-state index contributed by atoms with van der Waals surface area (Å²) in [5.41, 5.74) is 4.36. The van der Waals surface area contributed by atoms with E-state index in [1.807, 2.05) is 38.1 Å². The van der Waals surface area contributed by atoms with Gasteiger partial charge in [-0.1, -0.05) is 12.1 Å². The molecule has 0 aliphatic carbocycles. The predicted octanol–water partition coefficient (Wildman–Crippen LogP) is 2.89. The molecule has 0 radical (unpaired) electrons. The van der Waals surface area contributed by atoms with Crippen LogP contribution >= 0.6 is 0 Å². The quantitative estimate of drug-likeness (QED) is 0.751. The summed E-state index contributed by atoms with van der Waals surface area (Å²) in [6, 6.07) is 7.64. The summed E-state index contributed by atoms with van der Waals surface area (Å²) in [5, 5.41) is 0.474. The van der Waals surface area contributed by atoms with E-state index >= 15 is 0 Å². The molecule has 0 aliphatic heterocycles. The van der Waals surface area contributed by atoms with E-state index in [0.717, 1.165) is 33.6 Å². The molecule has 0 saturated carbocycles. The molecule has 0 aliphatic rings. The van der Waals surface area contributed by atoms with Gasteiger partial charge in [0.05, 0.1) is 23.8 Å². The number of rotatable bonds is 4. The van der Waals surface area contributed by atoms with Crippen LogP contribution in [0.3, 0.4) is 0 Å². The molecule has 0 fully saturated rings. The minimum Gasteiger partial charge on any atom is -0.609 e. The SMILES string of the molecule is COc1c(C)cnc(C[S@@+]([O-])c2nc3ccccc3[nH]2)c1C. The second-order valence-corrected chi connectivity index (χ2v) is 6.46. The third-order valence-electron chi connectivity index (χ3n) is 3.60. The zero-order chi connectivity index (χ0) is 15.7. The Morgan fingerprint density at radius 1 is 1.27 bits per heavy atom. The van der Waals surface area contributed by atoms with Crippen molar-refractivity contribution in [3.63, 3.8) is 0 Å². The average Bonchev–Trinajstić information content (AvgIpc) is 2.95. The summed E-state index contributed by atoms with van der Waals surface area (Å²) in [5.74, 6) is 1.11. The van der Waals surface area contributed by atoms with Crippen molar-refractivity contribution < 1.29 is 9.29 Å². The van der Waals surface area contributed by atoms with E-state index in [1.165, 1.54) is 0 Å². The third kappa shape index (κ3) is 2.67. The van der Waals surface area contributed by atoms with E-state index in [2.05, 4.69) is 15.0 Å². The lowest BCUT2D eigenvalue weighted by atomic mass is 10.1. The molecule has 0 bridgehead atoms. The van der Waals surface area contributed by atoms with E-state index < -0.39 is 11.2 Å². The number of benzene rings is 1. The van der Waals surface area contributed by atoms with Gasteiger partial charge < -0.3 is 9.29 Å². The van der Waals surface area contributed by atoms with Gasteiger partial charge in [-0.3, -0.25) is 9.97 Å². The Hall–Kier alpha value is -2.05. The van der Waals surface area contributed by atoms with Crippen LogP contribution in [0.2, 0.25) is 0 Å². The molecule has 0 spiro atoms. The molecule has 3 aromatic rings. The van der Waals surface area contributed by atoms with Gasteiger partial charge in [-0.2, -0.15) is 4.98 Å². The number of hydrogen-bond acceptors (Lipinski definition) is 4. The number of para-hydroxylation sites is 2. The molecule has 3 rings (SSSR count). The standard InChI is InChI=1S/C16H17N3O2S/c1-10-8-17-14(11(2)15(10)21-3)9-22(20)16-18-12-6-4-5-7-13(12)19-16/h4-8H,9H2,1-3H3,(H,18,19)/t22-/m1/s1. The van der Waals surface area contributed by atoms with Crippen molar-refractivity contribution in [3.8, 4) is 5.75 Å². The average molecular weight is 315 g/mol. The Morgan fingerprint density at radius 2 is 2.05 bits per heavy atom. The number of nitrogens with zero attached hydrogens (tertiary/aromatic N) is 2. The molecule has 6 heteroatoms. The van der Waals surface area contributed by atoms with Gasteiger partial charge in [0.1, 0.15) is 5.75 Å². The Labute approximate surface area is 131 Å². The van der Waals surface area contributed by atoms with Crippen LogP contribution in [0.4, 0.5) is 0 Å². The number of H-pyrrole nitrogens is 1. The van der Waals surface area contributed by atoms with E-state index in [0.29, 0.717) is 10.9 Å². The molecular formula is C16H17N3O2S. The van der Waals surface area contributed by atoms with Crippen LogP contribution in [0.25, 0.3) is 11.0 Å². The van der Waals surface area contributed by atoms with Crippen LogP contribution in [-0.4, -0.2) is 26.6 Å². The summed E-state index contributed by atoms with van der Waals surface area (Å²) < 4.78 is 17.9. The first-order valence-corrected chi connectivity index (χ1v) is 8.24. The molecule has 2 heterocycles. The molecule has 1 aromatic carbocycles. The largest absolute Gasteiger partial charge is 0.609 e. The first kappa shape index (κ1) is 14.9. The number of aryl methyl sites for hydroxylation is 1. The number of methoxy groups -OCH3 is 1. The van der Waals surface area contributed by atoms with Gasteiger partial charge >= 0.3 is 5.16 Å². The topological polar surface area (TPSA) is 73.9 Å². The van der Waals surface area contributed by atoms with Gasteiger partial charge in [0, 0.05) is 28.5 Å². The highest BCUT2D eigenvalue weighted by atomic mass is 32.2. The lowest BCUT2D eigenvalue weighted by Gasteiger charge is -2.13. The first-order chi connectivity index (χ1) is 10.6. The van der Waals surface area contributed by atoms with Gasteiger partial charge in [-0.15, -0.1) is 0 Å². The number of pyridine rings is 1. The maximum atomic E-state index is 12.6. The summed E-state index contributed by atoms with van der Waals surface area (Å²) in [7, 11) is 1.63. The summed E-state index contributed by atoms with van der Waals surface area (Å²) >= 11 is -1.28. The van der Waals surface area contributed by atoms with Crippen LogP contribution in [-0.2, 0) is 16.9 Å². The summed E-state index contributed by atoms with van der Waals surface area (Å²) in [4.78, 5) is 11.9. The van der Waals surface area contributed by atoms with Crippen molar-refractivity contribution in [2.24, 2.45) is 0 Å². The zero-order valence-electron chi connectivity index (χ0n) is 12.7. The van der Waals surface area contributed by atoms with Gasteiger partial charge in [-0.25, -0.2) is 0 Å². The Balaban J connectivity index is 1.89. The predicted molar refractivity (Wildman–Crippen MR) is 86.5 cm³/mol. The smallest absolute Gasteiger partial charge is 0.322 e. The number of imidazole rings is 1. The molecule has 2 aromatic heterocycles. The highest BCUT2D eigenvalue weighted by Gasteiger charge is 2.20. The van der Waals surface area contributed by atoms with E-state index in [9.17, 15) is 4.55 Å². The molecule has 22 heavy (non-hydrogen) atoms. The number of aromatic nitrogens is 3. The number of hydrogen-bond donors (Lipinski definition) is 1. The van der Waals surface area contributed by atoms with Crippen molar-refractivity contribution >= 4 is 22.2 Å². The van der Waals surface area contributed by atoms with Crippen LogP contribution in [0, 0.1) is 13.8 Å². The van der Waals surface area contributed by atoms with Crippen molar-refractivity contribution in [1.29, 1.82) is 0 Å². The fourth-order valence-corrected chi connectivity index (χ4v) is 3.55. The number of aromatic amines is 1. The van der Waals surface area contributed by atoms with Crippen molar-refractivity contribution in [2.45, 2.75) is 24.8 Å². The second kappa shape index (κ2) is 5.98. The molecule has 0 unspecified atom stereocenters. The molecular weight excluding hydrogens is 298 g/mol. The Bertz CT molecular complexity index is 783. The monoisotopic (exact) mass is 315 g/mol. The first-order valence-electron chi connectivity index (χ1n) is 6.92. The number of fused-ring (bicyclic) bond motifs is 1. The lowest BCUT2D eigenvalue weighted by Crippen LogP contribution is -2.10. The molecule has 114 valence electrons. The minimum absolute atomic E-state index is 0.308. The zero-order valence-corrected chi connectivity index (χ0v) is 13.5. The van der Waals surface area contributed by atoms with E-state index in [-0.39, 0.29) is 0 Å². The van der Waals surface area contributed by atoms with Crippen molar-refractivity contribution in [3.05, 3.63) is 47.3 Å². The molecule has 0 saturated heterocycles. The van der Waals surface area contributed by atoms with Gasteiger partial charge in [0.2, 0.25) is 0 Å². The van der Waals surface area contributed by atoms with Crippen LogP contribution in [0.5, 0.6) is 5.75 Å². The lowest BCUT2D eigenvalue weighted by molar-refractivity contribution is 0.407. The normalized spacial score (nSPS) is 12.5. The Morgan fingerprint density at radius 3 is 2.77 bits per heavy atom. The summed E-state index contributed by atoms with van der Waals surface area (Å²) in [6.45, 7) is 3.88. The number of nitrogens with one attached hydrogen (secondary N) is 1. The third-order valence-corrected chi connectivity index (χ3v) is 4.76. The minimum atomic E-state index is -1.28. The second-order valence-electron chi connectivity index (χ2n) is 5.10. The highest BCUT2D eigenvalue weighted by molar-refractivity contribution is 7.90. The Kier molecular flexibility index (Phi) is 4.04. The maximum absolute atomic E-state index is 12.6. The van der Waals surface area contributed by atoms with Crippen LogP contribution in [0.15, 0.2) is 35.6 Å². The van der Waals surface area contributed by atoms with Crippen molar-refractivity contribution in [1.82, 2.24) is 15.0 Å². The molecule has 0 amide bonds. The number of ether oxygens (including phenoxy) is 1. The van der Waals surface area contributed by atoms with Gasteiger partial charge in [0.25, 0.3) is 0 Å². The molecule has 5 nitrogen and oxygen atoms in total. The highest BCUT2D eigenvalue weighted by Crippen LogP contribution is 2.26. The molecule has 1 N–H and O–H groups in total. The van der Waals surface area contributed by atoms with Gasteiger partial charge in [0.15, 0.2) is 5.75 Å². The van der Waals surface area contributed by atoms with Crippen LogP contribution in [0.1, 0.15) is 16.8 Å². The van der Waals surface area contributed by atoms with Crippen LogP contribution < -0.4 is 4.74 Å². The van der Waals surface area contributed by atoms with E-state index in [4.69, 9.17) is 4.74 Å². The van der Waals surface area contributed by atoms with Crippen molar-refractivity contribution in [2.75, 3.05) is 7.11 Å². The fraction of sp³-hybridized carbons (Fsp3) is 0.250. The molecule has 1 atom stereocenters.